The number of nitrogens with zero attached hydrogens (tertiary/aromatic N) is 1. The van der Waals surface area contributed by atoms with E-state index in [9.17, 15) is 4.79 Å². The number of ketones is 1. The molecular weight excluding hydrogens is 206 g/mol. The zero-order chi connectivity index (χ0) is 10.9. The van der Waals surface area contributed by atoms with Crippen LogP contribution in [0.3, 0.4) is 0 Å². The first kappa shape index (κ1) is 12.2. The van der Waals surface area contributed by atoms with Crippen molar-refractivity contribution >= 4 is 17.5 Å². The second-order valence-electron chi connectivity index (χ2n) is 3.50. The van der Waals surface area contributed by atoms with Crippen molar-refractivity contribution in [3.05, 3.63) is 30.1 Å². The maximum atomic E-state index is 11.5. The van der Waals surface area contributed by atoms with Crippen molar-refractivity contribution in [2.75, 3.05) is 12.0 Å². The van der Waals surface area contributed by atoms with Crippen LogP contribution in [0.25, 0.3) is 0 Å². The quantitative estimate of drug-likeness (QED) is 0.666. The van der Waals surface area contributed by atoms with Crippen LogP contribution >= 0.6 is 11.8 Å². The molecule has 0 spiro atoms. The standard InChI is InChI=1S/C12H17NOS/c1-15-9-3-5-12(14)7-6-11-4-2-8-13-10-11/h2,4,8,10H,3,5-7,9H2,1H3. The summed E-state index contributed by atoms with van der Waals surface area (Å²) in [5.74, 6) is 1.45. The van der Waals surface area contributed by atoms with Gasteiger partial charge in [0.25, 0.3) is 0 Å². The van der Waals surface area contributed by atoms with E-state index in [4.69, 9.17) is 0 Å². The molecule has 1 rings (SSSR count). The number of rotatable bonds is 7. The monoisotopic (exact) mass is 223 g/mol. The molecule has 2 nitrogen and oxygen atoms in total. The molecule has 0 atom stereocenters. The van der Waals surface area contributed by atoms with Gasteiger partial charge < -0.3 is 0 Å². The van der Waals surface area contributed by atoms with Gasteiger partial charge in [0, 0.05) is 25.2 Å². The molecule has 0 aliphatic heterocycles. The van der Waals surface area contributed by atoms with Gasteiger partial charge >= 0.3 is 0 Å². The molecule has 0 bridgehead atoms. The summed E-state index contributed by atoms with van der Waals surface area (Å²) in [7, 11) is 0. The lowest BCUT2D eigenvalue weighted by Gasteiger charge is -2.00. The molecule has 0 aliphatic carbocycles. The first-order valence-electron chi connectivity index (χ1n) is 5.22. The number of hydrogen-bond donors (Lipinski definition) is 0. The third-order valence-electron chi connectivity index (χ3n) is 2.22. The highest BCUT2D eigenvalue weighted by atomic mass is 32.2. The van der Waals surface area contributed by atoms with Gasteiger partial charge in [-0.3, -0.25) is 9.78 Å². The first-order chi connectivity index (χ1) is 7.33. The van der Waals surface area contributed by atoms with Crippen LogP contribution in [0.15, 0.2) is 24.5 Å². The first-order valence-corrected chi connectivity index (χ1v) is 6.62. The molecule has 0 saturated heterocycles. The number of aromatic nitrogens is 1. The fraction of sp³-hybridized carbons (Fsp3) is 0.500. The molecule has 0 fully saturated rings. The van der Waals surface area contributed by atoms with Crippen molar-refractivity contribution in [2.24, 2.45) is 0 Å². The molecule has 0 amide bonds. The van der Waals surface area contributed by atoms with Gasteiger partial charge in [-0.15, -0.1) is 0 Å². The Morgan fingerprint density at radius 2 is 2.33 bits per heavy atom. The molecule has 0 aliphatic rings. The summed E-state index contributed by atoms with van der Waals surface area (Å²) in [6.07, 6.45) is 8.86. The summed E-state index contributed by atoms with van der Waals surface area (Å²) in [5.41, 5.74) is 1.15. The van der Waals surface area contributed by atoms with E-state index in [-0.39, 0.29) is 0 Å². The lowest BCUT2D eigenvalue weighted by molar-refractivity contribution is -0.119. The molecule has 0 unspecified atom stereocenters. The predicted molar refractivity (Wildman–Crippen MR) is 65.2 cm³/mol. The van der Waals surface area contributed by atoms with Crippen molar-refractivity contribution in [3.8, 4) is 0 Å². The SMILES string of the molecule is CSCCCC(=O)CCc1cccnc1. The van der Waals surface area contributed by atoms with Crippen LogP contribution in [0.4, 0.5) is 0 Å². The van der Waals surface area contributed by atoms with Crippen molar-refractivity contribution in [1.82, 2.24) is 4.98 Å². The Kier molecular flexibility index (Phi) is 6.09. The average Bonchev–Trinajstić information content (AvgIpc) is 2.28. The largest absolute Gasteiger partial charge is 0.300 e. The highest BCUT2D eigenvalue weighted by molar-refractivity contribution is 7.98. The van der Waals surface area contributed by atoms with Gasteiger partial charge in [0.15, 0.2) is 0 Å². The van der Waals surface area contributed by atoms with Gasteiger partial charge in [-0.05, 0) is 36.5 Å². The van der Waals surface area contributed by atoms with E-state index in [2.05, 4.69) is 11.2 Å². The molecule has 1 heterocycles. The van der Waals surface area contributed by atoms with Crippen molar-refractivity contribution in [1.29, 1.82) is 0 Å². The third-order valence-corrected chi connectivity index (χ3v) is 2.92. The van der Waals surface area contributed by atoms with Crippen LogP contribution in [0, 0.1) is 0 Å². The van der Waals surface area contributed by atoms with Gasteiger partial charge in [0.1, 0.15) is 5.78 Å². The van der Waals surface area contributed by atoms with E-state index >= 15 is 0 Å². The highest BCUT2D eigenvalue weighted by Gasteiger charge is 2.02. The third kappa shape index (κ3) is 5.57. The second kappa shape index (κ2) is 7.46. The van der Waals surface area contributed by atoms with Crippen LogP contribution in [-0.2, 0) is 11.2 Å². The molecule has 0 N–H and O–H groups in total. The van der Waals surface area contributed by atoms with E-state index in [1.54, 1.807) is 18.0 Å². The van der Waals surface area contributed by atoms with Crippen molar-refractivity contribution in [2.45, 2.75) is 25.7 Å². The van der Waals surface area contributed by atoms with Gasteiger partial charge in [0.05, 0.1) is 0 Å². The number of carbonyl (C=O) groups is 1. The minimum absolute atomic E-state index is 0.368. The summed E-state index contributed by atoms with van der Waals surface area (Å²) >= 11 is 1.80. The Morgan fingerprint density at radius 3 is 3.00 bits per heavy atom. The molecule has 3 heteroatoms. The smallest absolute Gasteiger partial charge is 0.133 e. The van der Waals surface area contributed by atoms with Crippen molar-refractivity contribution in [3.63, 3.8) is 0 Å². The number of aryl methyl sites for hydroxylation is 1. The minimum Gasteiger partial charge on any atom is -0.300 e. The fourth-order valence-electron chi connectivity index (χ4n) is 1.37. The molecule has 0 radical (unpaired) electrons. The summed E-state index contributed by atoms with van der Waals surface area (Å²) < 4.78 is 0. The predicted octanol–water partition coefficient (Wildman–Crippen LogP) is 2.73. The van der Waals surface area contributed by atoms with E-state index in [1.165, 1.54) is 0 Å². The number of hydrogen-bond acceptors (Lipinski definition) is 3. The molecule has 82 valence electrons. The van der Waals surface area contributed by atoms with Gasteiger partial charge in [-0.25, -0.2) is 0 Å². The molecule has 0 saturated carbocycles. The topological polar surface area (TPSA) is 30.0 Å². The summed E-state index contributed by atoms with van der Waals surface area (Å²) in [6, 6.07) is 3.93. The summed E-state index contributed by atoms with van der Waals surface area (Å²) in [5, 5.41) is 0. The molecule has 1 aromatic rings. The number of carbonyl (C=O) groups excluding carboxylic acids is 1. The normalized spacial score (nSPS) is 10.2. The lowest BCUT2D eigenvalue weighted by Crippen LogP contribution is -2.00. The average molecular weight is 223 g/mol. The number of thioether (sulfide) groups is 1. The minimum atomic E-state index is 0.368. The Labute approximate surface area is 95.5 Å². The van der Waals surface area contributed by atoms with E-state index in [1.807, 2.05) is 18.3 Å². The Hall–Kier alpha value is -0.830. The van der Waals surface area contributed by atoms with Crippen LogP contribution in [0.2, 0.25) is 0 Å². The van der Waals surface area contributed by atoms with Gasteiger partial charge in [-0.2, -0.15) is 11.8 Å². The Morgan fingerprint density at radius 1 is 1.47 bits per heavy atom. The maximum Gasteiger partial charge on any atom is 0.133 e. The molecule has 15 heavy (non-hydrogen) atoms. The lowest BCUT2D eigenvalue weighted by atomic mass is 10.1. The van der Waals surface area contributed by atoms with Gasteiger partial charge in [-0.1, -0.05) is 6.07 Å². The highest BCUT2D eigenvalue weighted by Crippen LogP contribution is 2.05. The van der Waals surface area contributed by atoms with Crippen LogP contribution < -0.4 is 0 Å². The second-order valence-corrected chi connectivity index (χ2v) is 4.48. The summed E-state index contributed by atoms with van der Waals surface area (Å²) in [6.45, 7) is 0. The molecule has 1 aromatic heterocycles. The number of Topliss-reactive ketones (excluding diaryl/α,β-unsaturated/α-hetero) is 1. The fourth-order valence-corrected chi connectivity index (χ4v) is 1.80. The maximum absolute atomic E-state index is 11.5. The van der Waals surface area contributed by atoms with Crippen LogP contribution in [-0.4, -0.2) is 22.8 Å². The molecule has 0 aromatic carbocycles. The van der Waals surface area contributed by atoms with E-state index in [0.29, 0.717) is 12.2 Å². The molecular formula is C12H17NOS. The zero-order valence-electron chi connectivity index (χ0n) is 9.11. The number of pyridine rings is 1. The van der Waals surface area contributed by atoms with E-state index < -0.39 is 0 Å². The van der Waals surface area contributed by atoms with E-state index in [0.717, 1.165) is 30.6 Å². The van der Waals surface area contributed by atoms with Crippen LogP contribution in [0.1, 0.15) is 24.8 Å². The van der Waals surface area contributed by atoms with Crippen molar-refractivity contribution < 1.29 is 4.79 Å². The Bertz CT molecular complexity index is 287. The Balaban J connectivity index is 2.17. The van der Waals surface area contributed by atoms with Gasteiger partial charge in [0.2, 0.25) is 0 Å². The summed E-state index contributed by atoms with van der Waals surface area (Å²) in [4.78, 5) is 15.5. The zero-order valence-corrected chi connectivity index (χ0v) is 9.93. The van der Waals surface area contributed by atoms with Crippen LogP contribution in [0.5, 0.6) is 0 Å².